The summed E-state index contributed by atoms with van der Waals surface area (Å²) in [6, 6.07) is 31.1. The van der Waals surface area contributed by atoms with E-state index < -0.39 is 11.6 Å². The van der Waals surface area contributed by atoms with Crippen molar-refractivity contribution in [3.63, 3.8) is 0 Å². The molecule has 0 aromatic heterocycles. The van der Waals surface area contributed by atoms with Gasteiger partial charge in [-0.25, -0.2) is 9.59 Å². The molecule has 1 aliphatic rings. The standard InChI is InChI=1S/C43H50O5/c1-7-41(4,5)48-40(45)32-15-25-37(26-16-32)46-36-23-13-31(14-24-36)39(44)47-38-27-21-35(22-28-38)43(29-11-10-12-30-43)34-19-17-33(18-20-34)42(6,8-2)9-3/h13-28H,7-12,29-30H2,1-6H3. The zero-order valence-corrected chi connectivity index (χ0v) is 29.4. The second-order valence-corrected chi connectivity index (χ2v) is 14.1. The van der Waals surface area contributed by atoms with E-state index in [0.29, 0.717) is 28.4 Å². The molecule has 1 fully saturated rings. The smallest absolute Gasteiger partial charge is 0.343 e. The Balaban J connectivity index is 1.23. The van der Waals surface area contributed by atoms with Gasteiger partial charge in [-0.1, -0.05) is 83.4 Å². The predicted molar refractivity (Wildman–Crippen MR) is 192 cm³/mol. The van der Waals surface area contributed by atoms with E-state index in [4.69, 9.17) is 14.2 Å². The third kappa shape index (κ3) is 7.84. The zero-order chi connectivity index (χ0) is 34.4. The molecule has 0 radical (unpaired) electrons. The topological polar surface area (TPSA) is 61.8 Å². The van der Waals surface area contributed by atoms with Crippen molar-refractivity contribution >= 4 is 11.9 Å². The maximum Gasteiger partial charge on any atom is 0.343 e. The van der Waals surface area contributed by atoms with E-state index in [2.05, 4.69) is 57.2 Å². The Bertz CT molecular complexity index is 1660. The Morgan fingerprint density at radius 3 is 1.52 bits per heavy atom. The van der Waals surface area contributed by atoms with E-state index >= 15 is 0 Å². The van der Waals surface area contributed by atoms with Gasteiger partial charge in [-0.2, -0.15) is 0 Å². The summed E-state index contributed by atoms with van der Waals surface area (Å²) in [5.41, 5.74) is 4.61. The van der Waals surface area contributed by atoms with E-state index in [1.165, 1.54) is 36.0 Å². The van der Waals surface area contributed by atoms with Gasteiger partial charge in [0.05, 0.1) is 11.1 Å². The molecule has 0 unspecified atom stereocenters. The first-order chi connectivity index (χ1) is 23.0. The highest BCUT2D eigenvalue weighted by Crippen LogP contribution is 2.46. The van der Waals surface area contributed by atoms with Gasteiger partial charge in [-0.15, -0.1) is 0 Å². The first-order valence-corrected chi connectivity index (χ1v) is 17.6. The number of rotatable bonds is 12. The minimum Gasteiger partial charge on any atom is -0.457 e. The fourth-order valence-corrected chi connectivity index (χ4v) is 6.59. The zero-order valence-electron chi connectivity index (χ0n) is 29.4. The van der Waals surface area contributed by atoms with Crippen molar-refractivity contribution in [3.05, 3.63) is 125 Å². The van der Waals surface area contributed by atoms with Crippen LogP contribution in [0.5, 0.6) is 17.2 Å². The molecule has 1 saturated carbocycles. The van der Waals surface area contributed by atoms with Gasteiger partial charge in [-0.3, -0.25) is 0 Å². The summed E-state index contributed by atoms with van der Waals surface area (Å²) < 4.78 is 17.3. The van der Waals surface area contributed by atoms with Crippen molar-refractivity contribution in [3.8, 4) is 17.2 Å². The summed E-state index contributed by atoms with van der Waals surface area (Å²) in [6.07, 6.45) is 8.89. The summed E-state index contributed by atoms with van der Waals surface area (Å²) in [7, 11) is 0. The van der Waals surface area contributed by atoms with Gasteiger partial charge >= 0.3 is 11.9 Å². The molecular formula is C43H50O5. The summed E-state index contributed by atoms with van der Waals surface area (Å²) in [5, 5.41) is 0. The lowest BCUT2D eigenvalue weighted by Crippen LogP contribution is -2.30. The van der Waals surface area contributed by atoms with Crippen LogP contribution in [0.3, 0.4) is 0 Å². The molecule has 0 N–H and O–H groups in total. The second kappa shape index (κ2) is 14.8. The average molecular weight is 647 g/mol. The van der Waals surface area contributed by atoms with Crippen LogP contribution in [0.4, 0.5) is 0 Å². The number of carbonyl (C=O) groups excluding carboxylic acids is 2. The highest BCUT2D eigenvalue weighted by atomic mass is 16.6. The molecule has 0 spiro atoms. The molecule has 252 valence electrons. The van der Waals surface area contributed by atoms with Gasteiger partial charge in [0, 0.05) is 5.41 Å². The van der Waals surface area contributed by atoms with Crippen molar-refractivity contribution < 1.29 is 23.8 Å². The van der Waals surface area contributed by atoms with Crippen LogP contribution in [0.25, 0.3) is 0 Å². The highest BCUT2D eigenvalue weighted by Gasteiger charge is 2.36. The molecule has 48 heavy (non-hydrogen) atoms. The number of hydrogen-bond donors (Lipinski definition) is 0. The van der Waals surface area contributed by atoms with E-state index in [0.717, 1.165) is 32.1 Å². The third-order valence-corrected chi connectivity index (χ3v) is 10.7. The van der Waals surface area contributed by atoms with Crippen molar-refractivity contribution in [2.45, 2.75) is 109 Å². The number of esters is 2. The Labute approximate surface area is 286 Å². The third-order valence-electron chi connectivity index (χ3n) is 10.7. The quantitative estimate of drug-likeness (QED) is 0.113. The fourth-order valence-electron chi connectivity index (χ4n) is 6.59. The predicted octanol–water partition coefficient (Wildman–Crippen LogP) is 11.4. The minimum atomic E-state index is -0.519. The van der Waals surface area contributed by atoms with E-state index in [1.54, 1.807) is 48.5 Å². The maximum atomic E-state index is 13.0. The fraction of sp³-hybridized carbons (Fsp3) is 0.395. The maximum absolute atomic E-state index is 13.0. The molecule has 5 heteroatoms. The number of hydrogen-bond acceptors (Lipinski definition) is 5. The minimum absolute atomic E-state index is 0.0282. The molecule has 0 heterocycles. The molecule has 5 rings (SSSR count). The molecule has 0 saturated heterocycles. The van der Waals surface area contributed by atoms with Crippen molar-refractivity contribution in [1.82, 2.24) is 0 Å². The van der Waals surface area contributed by atoms with Gasteiger partial charge in [0.1, 0.15) is 22.8 Å². The second-order valence-electron chi connectivity index (χ2n) is 14.1. The molecule has 1 aliphatic carbocycles. The number of ether oxygens (including phenoxy) is 3. The van der Waals surface area contributed by atoms with Crippen LogP contribution in [0, 0.1) is 0 Å². The van der Waals surface area contributed by atoms with Gasteiger partial charge < -0.3 is 14.2 Å². The molecule has 0 bridgehead atoms. The molecule has 4 aromatic rings. The van der Waals surface area contributed by atoms with Crippen molar-refractivity contribution in [2.24, 2.45) is 0 Å². The molecule has 4 aromatic carbocycles. The highest BCUT2D eigenvalue weighted by molar-refractivity contribution is 5.91. The van der Waals surface area contributed by atoms with Crippen LogP contribution in [0.1, 0.15) is 130 Å². The van der Waals surface area contributed by atoms with Crippen LogP contribution in [0.15, 0.2) is 97.1 Å². The SMILES string of the molecule is CCC(C)(C)OC(=O)c1ccc(Oc2ccc(C(=O)Oc3ccc(C4(c5ccc(C(C)(CC)CC)cc5)CCCCC4)cc3)cc2)cc1. The average Bonchev–Trinajstić information content (AvgIpc) is 3.12. The molecule has 0 amide bonds. The van der Waals surface area contributed by atoms with Crippen LogP contribution in [0.2, 0.25) is 0 Å². The van der Waals surface area contributed by atoms with E-state index in [1.807, 2.05) is 32.9 Å². The number of carbonyl (C=O) groups is 2. The lowest BCUT2D eigenvalue weighted by molar-refractivity contribution is -0.00245. The monoisotopic (exact) mass is 646 g/mol. The van der Waals surface area contributed by atoms with Crippen molar-refractivity contribution in [2.75, 3.05) is 0 Å². The lowest BCUT2D eigenvalue weighted by atomic mass is 9.65. The van der Waals surface area contributed by atoms with E-state index in [9.17, 15) is 9.59 Å². The first-order valence-electron chi connectivity index (χ1n) is 17.6. The largest absolute Gasteiger partial charge is 0.457 e. The van der Waals surface area contributed by atoms with Crippen molar-refractivity contribution in [1.29, 1.82) is 0 Å². The van der Waals surface area contributed by atoms with Crippen LogP contribution >= 0.6 is 0 Å². The normalized spacial score (nSPS) is 14.6. The molecule has 0 atom stereocenters. The molecule has 5 nitrogen and oxygen atoms in total. The van der Waals surface area contributed by atoms with Gasteiger partial charge in [0.2, 0.25) is 0 Å². The van der Waals surface area contributed by atoms with Crippen LogP contribution in [-0.2, 0) is 15.6 Å². The Morgan fingerprint density at radius 2 is 1.04 bits per heavy atom. The summed E-state index contributed by atoms with van der Waals surface area (Å²) in [6.45, 7) is 12.7. The summed E-state index contributed by atoms with van der Waals surface area (Å²) in [4.78, 5) is 25.5. The van der Waals surface area contributed by atoms with Gasteiger partial charge in [-0.05, 0) is 129 Å². The number of benzene rings is 4. The van der Waals surface area contributed by atoms with Gasteiger partial charge in [0.25, 0.3) is 0 Å². The van der Waals surface area contributed by atoms with Crippen LogP contribution < -0.4 is 9.47 Å². The Morgan fingerprint density at radius 1 is 0.583 bits per heavy atom. The molecular weight excluding hydrogens is 596 g/mol. The summed E-state index contributed by atoms with van der Waals surface area (Å²) >= 11 is 0. The Hall–Kier alpha value is -4.38. The molecule has 0 aliphatic heterocycles. The van der Waals surface area contributed by atoms with Crippen LogP contribution in [-0.4, -0.2) is 17.5 Å². The summed E-state index contributed by atoms with van der Waals surface area (Å²) in [5.74, 6) is 0.871. The Kier molecular flexibility index (Phi) is 10.8. The first kappa shape index (κ1) is 34.9. The van der Waals surface area contributed by atoms with E-state index in [-0.39, 0.29) is 16.8 Å². The van der Waals surface area contributed by atoms with Gasteiger partial charge in [0.15, 0.2) is 0 Å². The lowest BCUT2D eigenvalue weighted by Gasteiger charge is -2.39.